The Hall–Kier alpha value is -3.68. The van der Waals surface area contributed by atoms with Crippen LogP contribution >= 0.6 is 0 Å². The van der Waals surface area contributed by atoms with Gasteiger partial charge in [-0.1, -0.05) is 30.3 Å². The average Bonchev–Trinajstić information content (AvgIpc) is 3.25. The molecule has 8 nitrogen and oxygen atoms in total. The minimum atomic E-state index is -0.000352. The molecular formula is C22H22N6O2. The van der Waals surface area contributed by atoms with Gasteiger partial charge in [-0.3, -0.25) is 4.79 Å². The molecule has 1 aliphatic heterocycles. The topological polar surface area (TPSA) is 75.9 Å². The van der Waals surface area contributed by atoms with Crippen molar-refractivity contribution in [2.24, 2.45) is 0 Å². The van der Waals surface area contributed by atoms with E-state index in [2.05, 4.69) is 26.0 Å². The Kier molecular flexibility index (Phi) is 4.66. The van der Waals surface area contributed by atoms with E-state index in [1.54, 1.807) is 4.52 Å². The van der Waals surface area contributed by atoms with Gasteiger partial charge in [0.05, 0.1) is 0 Å². The smallest absolute Gasteiger partial charge is 0.260 e. The summed E-state index contributed by atoms with van der Waals surface area (Å²) in [4.78, 5) is 25.3. The summed E-state index contributed by atoms with van der Waals surface area (Å²) in [5.41, 5.74) is 0.896. The summed E-state index contributed by atoms with van der Waals surface area (Å²) in [6, 6.07) is 16.0. The molecule has 0 N–H and O–H groups in total. The Morgan fingerprint density at radius 3 is 2.67 bits per heavy atom. The third kappa shape index (κ3) is 3.52. The highest BCUT2D eigenvalue weighted by molar-refractivity contribution is 5.84. The van der Waals surface area contributed by atoms with Crippen LogP contribution in [0.3, 0.4) is 0 Å². The molecule has 5 rings (SSSR count). The number of piperazine rings is 1. The molecule has 0 saturated carbocycles. The first-order valence-corrected chi connectivity index (χ1v) is 9.99. The van der Waals surface area contributed by atoms with Crippen molar-refractivity contribution in [3.63, 3.8) is 0 Å². The van der Waals surface area contributed by atoms with Gasteiger partial charge in [0.15, 0.2) is 6.61 Å². The number of benzene rings is 2. The predicted octanol–water partition coefficient (Wildman–Crippen LogP) is 2.31. The van der Waals surface area contributed by atoms with Crippen molar-refractivity contribution >= 4 is 28.3 Å². The molecule has 2 aromatic carbocycles. The van der Waals surface area contributed by atoms with Gasteiger partial charge in [0.25, 0.3) is 11.7 Å². The highest BCUT2D eigenvalue weighted by atomic mass is 16.5. The highest BCUT2D eigenvalue weighted by Crippen LogP contribution is 2.21. The molecule has 0 atom stereocenters. The number of carbonyl (C=O) groups excluding carboxylic acids is 1. The molecule has 0 unspecified atom stereocenters. The zero-order valence-corrected chi connectivity index (χ0v) is 16.7. The number of aryl methyl sites for hydroxylation is 1. The summed E-state index contributed by atoms with van der Waals surface area (Å²) in [5.74, 6) is 2.25. The van der Waals surface area contributed by atoms with Gasteiger partial charge >= 0.3 is 0 Å². The van der Waals surface area contributed by atoms with Crippen molar-refractivity contribution in [3.8, 4) is 5.75 Å². The van der Waals surface area contributed by atoms with Gasteiger partial charge in [-0.2, -0.15) is 14.6 Å². The minimum absolute atomic E-state index is 0.000352. The van der Waals surface area contributed by atoms with Crippen molar-refractivity contribution in [2.75, 3.05) is 37.7 Å². The Morgan fingerprint density at radius 2 is 1.83 bits per heavy atom. The van der Waals surface area contributed by atoms with Crippen LogP contribution in [0.15, 0.2) is 54.9 Å². The van der Waals surface area contributed by atoms with Crippen LogP contribution in [0.25, 0.3) is 16.6 Å². The largest absolute Gasteiger partial charge is 0.484 e. The number of ether oxygens (including phenoxy) is 1. The fourth-order valence-electron chi connectivity index (χ4n) is 3.81. The lowest BCUT2D eigenvalue weighted by Crippen LogP contribution is -2.50. The van der Waals surface area contributed by atoms with Gasteiger partial charge in [0, 0.05) is 37.9 Å². The fraction of sp³-hybridized carbons (Fsp3) is 0.273. The summed E-state index contributed by atoms with van der Waals surface area (Å²) < 4.78 is 7.51. The molecule has 4 aromatic rings. The summed E-state index contributed by atoms with van der Waals surface area (Å²) in [6.45, 7) is 4.71. The molecule has 1 amide bonds. The van der Waals surface area contributed by atoms with E-state index in [-0.39, 0.29) is 12.5 Å². The SMILES string of the molecule is Cc1cc(N2CCN(C(=O)COc3ccc4ccccc4c3)CC2)n2ncnc2n1. The molecular weight excluding hydrogens is 380 g/mol. The monoisotopic (exact) mass is 402 g/mol. The summed E-state index contributed by atoms with van der Waals surface area (Å²) in [5, 5.41) is 6.53. The van der Waals surface area contributed by atoms with Gasteiger partial charge in [-0.05, 0) is 29.8 Å². The Balaban J connectivity index is 1.20. The molecule has 0 bridgehead atoms. The molecule has 1 fully saturated rings. The fourth-order valence-corrected chi connectivity index (χ4v) is 3.81. The van der Waals surface area contributed by atoms with E-state index >= 15 is 0 Å². The lowest BCUT2D eigenvalue weighted by molar-refractivity contribution is -0.133. The summed E-state index contributed by atoms with van der Waals surface area (Å²) >= 11 is 0. The van der Waals surface area contributed by atoms with Gasteiger partial charge in [-0.15, -0.1) is 0 Å². The molecule has 152 valence electrons. The van der Waals surface area contributed by atoms with Gasteiger partial charge < -0.3 is 14.5 Å². The van der Waals surface area contributed by atoms with Crippen molar-refractivity contribution in [1.82, 2.24) is 24.5 Å². The third-order valence-electron chi connectivity index (χ3n) is 5.40. The predicted molar refractivity (Wildman–Crippen MR) is 114 cm³/mol. The van der Waals surface area contributed by atoms with Crippen LogP contribution in [0.2, 0.25) is 0 Å². The second-order valence-corrected chi connectivity index (χ2v) is 7.39. The molecule has 0 radical (unpaired) electrons. The quantitative estimate of drug-likeness (QED) is 0.521. The number of rotatable bonds is 4. The van der Waals surface area contributed by atoms with Crippen molar-refractivity contribution in [3.05, 3.63) is 60.6 Å². The van der Waals surface area contributed by atoms with E-state index in [1.165, 1.54) is 6.33 Å². The van der Waals surface area contributed by atoms with Gasteiger partial charge in [-0.25, -0.2) is 4.98 Å². The third-order valence-corrected chi connectivity index (χ3v) is 5.40. The van der Waals surface area contributed by atoms with E-state index in [4.69, 9.17) is 4.74 Å². The highest BCUT2D eigenvalue weighted by Gasteiger charge is 2.23. The van der Waals surface area contributed by atoms with Crippen molar-refractivity contribution < 1.29 is 9.53 Å². The zero-order valence-electron chi connectivity index (χ0n) is 16.7. The molecule has 3 heterocycles. The molecule has 0 aliphatic carbocycles. The number of anilines is 1. The maximum atomic E-state index is 12.6. The van der Waals surface area contributed by atoms with E-state index in [9.17, 15) is 4.79 Å². The number of hydrogen-bond donors (Lipinski definition) is 0. The van der Waals surface area contributed by atoms with Crippen LogP contribution in [0, 0.1) is 6.92 Å². The van der Waals surface area contributed by atoms with Crippen molar-refractivity contribution in [2.45, 2.75) is 6.92 Å². The zero-order chi connectivity index (χ0) is 20.5. The van der Waals surface area contributed by atoms with E-state index in [0.29, 0.717) is 24.6 Å². The second-order valence-electron chi connectivity index (χ2n) is 7.39. The molecule has 0 spiro atoms. The average molecular weight is 402 g/mol. The van der Waals surface area contributed by atoms with E-state index < -0.39 is 0 Å². The van der Waals surface area contributed by atoms with Crippen LogP contribution in [0.5, 0.6) is 5.75 Å². The number of nitrogens with zero attached hydrogens (tertiary/aromatic N) is 6. The Morgan fingerprint density at radius 1 is 1.03 bits per heavy atom. The van der Waals surface area contributed by atoms with Crippen LogP contribution in [-0.4, -0.2) is 63.2 Å². The lowest BCUT2D eigenvalue weighted by Gasteiger charge is -2.35. The number of carbonyl (C=O) groups is 1. The molecule has 2 aromatic heterocycles. The van der Waals surface area contributed by atoms with Gasteiger partial charge in [0.2, 0.25) is 0 Å². The molecule has 8 heteroatoms. The summed E-state index contributed by atoms with van der Waals surface area (Å²) in [6.07, 6.45) is 1.51. The molecule has 1 aliphatic rings. The Labute approximate surface area is 173 Å². The lowest BCUT2D eigenvalue weighted by atomic mass is 10.1. The normalized spacial score (nSPS) is 14.4. The standard InChI is InChI=1S/C22H22N6O2/c1-16-12-20(28-22(25-16)23-15-24-28)26-8-10-27(11-9-26)21(29)14-30-19-7-6-17-4-2-3-5-18(17)13-19/h2-7,12-13,15H,8-11,14H2,1H3. The minimum Gasteiger partial charge on any atom is -0.484 e. The molecule has 1 saturated heterocycles. The van der Waals surface area contributed by atoms with E-state index in [1.807, 2.05) is 54.3 Å². The molecule has 30 heavy (non-hydrogen) atoms. The van der Waals surface area contributed by atoms with E-state index in [0.717, 1.165) is 35.4 Å². The number of fused-ring (bicyclic) bond motifs is 2. The summed E-state index contributed by atoms with van der Waals surface area (Å²) in [7, 11) is 0. The number of amides is 1. The first-order valence-electron chi connectivity index (χ1n) is 9.99. The second kappa shape index (κ2) is 7.62. The van der Waals surface area contributed by atoms with Crippen LogP contribution < -0.4 is 9.64 Å². The maximum Gasteiger partial charge on any atom is 0.260 e. The van der Waals surface area contributed by atoms with Crippen LogP contribution in [0.4, 0.5) is 5.82 Å². The van der Waals surface area contributed by atoms with Crippen molar-refractivity contribution in [1.29, 1.82) is 0 Å². The number of aromatic nitrogens is 4. The first kappa shape index (κ1) is 18.4. The van der Waals surface area contributed by atoms with Crippen LogP contribution in [-0.2, 0) is 4.79 Å². The van der Waals surface area contributed by atoms with Gasteiger partial charge in [0.1, 0.15) is 17.9 Å². The maximum absolute atomic E-state index is 12.6. The van der Waals surface area contributed by atoms with Crippen LogP contribution in [0.1, 0.15) is 5.69 Å². The Bertz CT molecular complexity index is 1210. The number of hydrogen-bond acceptors (Lipinski definition) is 6. The first-order chi connectivity index (χ1) is 14.7.